The molecule has 1 amide bonds. The highest BCUT2D eigenvalue weighted by Crippen LogP contribution is 2.17. The van der Waals surface area contributed by atoms with Crippen LogP contribution in [0.15, 0.2) is 30.6 Å². The molecular formula is C12H11F2N5O4. The molecule has 1 N–H and O–H groups in total. The molecule has 9 nitrogen and oxygen atoms in total. The summed E-state index contributed by atoms with van der Waals surface area (Å²) in [6.45, 7) is -3.65. The fourth-order valence-electron chi connectivity index (χ4n) is 1.49. The van der Waals surface area contributed by atoms with Crippen LogP contribution in [-0.2, 0) is 20.9 Å². The van der Waals surface area contributed by atoms with Gasteiger partial charge in [-0.2, -0.15) is 8.78 Å². The number of hydrogen-bond donors (Lipinski definition) is 1. The van der Waals surface area contributed by atoms with Gasteiger partial charge in [-0.1, -0.05) is 0 Å². The normalized spacial score (nSPS) is 10.4. The fraction of sp³-hybridized carbons (Fsp3) is 0.250. The number of carbonyl (C=O) groups is 2. The van der Waals surface area contributed by atoms with Gasteiger partial charge in [0.2, 0.25) is 0 Å². The SMILES string of the molecule is O=C(COC(=O)Cn1cnnn1)Nc1ccc(OC(F)F)cc1. The van der Waals surface area contributed by atoms with E-state index in [0.717, 1.165) is 4.68 Å². The first-order valence-corrected chi connectivity index (χ1v) is 6.24. The summed E-state index contributed by atoms with van der Waals surface area (Å²) in [5.41, 5.74) is 0.341. The number of aromatic nitrogens is 4. The minimum Gasteiger partial charge on any atom is -0.454 e. The third-order valence-electron chi connectivity index (χ3n) is 2.41. The van der Waals surface area contributed by atoms with Crippen molar-refractivity contribution in [1.29, 1.82) is 0 Å². The van der Waals surface area contributed by atoms with Gasteiger partial charge in [0.15, 0.2) is 6.61 Å². The predicted molar refractivity (Wildman–Crippen MR) is 70.5 cm³/mol. The van der Waals surface area contributed by atoms with Gasteiger partial charge in [-0.15, -0.1) is 5.10 Å². The topological polar surface area (TPSA) is 108 Å². The van der Waals surface area contributed by atoms with E-state index in [1.54, 1.807) is 0 Å². The number of benzene rings is 1. The van der Waals surface area contributed by atoms with E-state index in [4.69, 9.17) is 4.74 Å². The summed E-state index contributed by atoms with van der Waals surface area (Å²) in [6.07, 6.45) is 1.23. The number of nitrogens with one attached hydrogen (secondary N) is 1. The lowest BCUT2D eigenvalue weighted by Gasteiger charge is -2.08. The first kappa shape index (κ1) is 16.3. The molecular weight excluding hydrogens is 316 g/mol. The Balaban J connectivity index is 1.74. The number of ether oxygens (including phenoxy) is 2. The van der Waals surface area contributed by atoms with Gasteiger partial charge in [0, 0.05) is 5.69 Å². The number of amides is 1. The van der Waals surface area contributed by atoms with Gasteiger partial charge in [-0.05, 0) is 34.7 Å². The largest absolute Gasteiger partial charge is 0.454 e. The zero-order chi connectivity index (χ0) is 16.7. The van der Waals surface area contributed by atoms with Crippen LogP contribution in [0.4, 0.5) is 14.5 Å². The van der Waals surface area contributed by atoms with E-state index in [1.165, 1.54) is 30.6 Å². The Labute approximate surface area is 128 Å². The van der Waals surface area contributed by atoms with Gasteiger partial charge >= 0.3 is 12.6 Å². The molecule has 0 aliphatic heterocycles. The minimum absolute atomic E-state index is 0.0362. The van der Waals surface area contributed by atoms with Crippen molar-refractivity contribution in [3.8, 4) is 5.75 Å². The first-order valence-electron chi connectivity index (χ1n) is 6.24. The standard InChI is InChI=1S/C12H11F2N5O4/c13-12(14)23-9-3-1-8(2-4-9)16-10(20)6-22-11(21)5-19-7-15-17-18-19/h1-4,7,12H,5-6H2,(H,16,20). The van der Waals surface area contributed by atoms with Gasteiger partial charge in [-0.3, -0.25) is 9.59 Å². The molecule has 122 valence electrons. The Kier molecular flexibility index (Phi) is 5.50. The number of anilines is 1. The molecule has 23 heavy (non-hydrogen) atoms. The zero-order valence-electron chi connectivity index (χ0n) is 11.6. The van der Waals surface area contributed by atoms with E-state index in [-0.39, 0.29) is 12.3 Å². The van der Waals surface area contributed by atoms with Crippen molar-refractivity contribution in [2.75, 3.05) is 11.9 Å². The monoisotopic (exact) mass is 327 g/mol. The lowest BCUT2D eigenvalue weighted by Crippen LogP contribution is -2.23. The maximum absolute atomic E-state index is 12.0. The number of hydrogen-bond acceptors (Lipinski definition) is 7. The summed E-state index contributed by atoms with van der Waals surface area (Å²) in [4.78, 5) is 23.0. The second-order valence-electron chi connectivity index (χ2n) is 4.12. The Bertz CT molecular complexity index is 648. The zero-order valence-corrected chi connectivity index (χ0v) is 11.6. The summed E-state index contributed by atoms with van der Waals surface area (Å²) in [5.74, 6) is -1.31. The smallest absolute Gasteiger partial charge is 0.387 e. The molecule has 0 saturated heterocycles. The fourth-order valence-corrected chi connectivity index (χ4v) is 1.49. The first-order chi connectivity index (χ1) is 11.0. The number of carbonyl (C=O) groups excluding carboxylic acids is 2. The number of halogens is 2. The van der Waals surface area contributed by atoms with Crippen molar-refractivity contribution in [3.63, 3.8) is 0 Å². The highest BCUT2D eigenvalue weighted by atomic mass is 19.3. The van der Waals surface area contributed by atoms with Gasteiger partial charge < -0.3 is 14.8 Å². The van der Waals surface area contributed by atoms with Gasteiger partial charge in [-0.25, -0.2) is 4.68 Å². The average molecular weight is 327 g/mol. The van der Waals surface area contributed by atoms with Crippen LogP contribution in [0.25, 0.3) is 0 Å². The third-order valence-corrected chi connectivity index (χ3v) is 2.41. The molecule has 0 saturated carbocycles. The van der Waals surface area contributed by atoms with Crippen LogP contribution >= 0.6 is 0 Å². The van der Waals surface area contributed by atoms with Crippen LogP contribution in [0.1, 0.15) is 0 Å². The number of nitrogens with zero attached hydrogens (tertiary/aromatic N) is 4. The summed E-state index contributed by atoms with van der Waals surface area (Å²) < 4.78 is 34.0. The highest BCUT2D eigenvalue weighted by Gasteiger charge is 2.10. The van der Waals surface area contributed by atoms with E-state index in [1.807, 2.05) is 0 Å². The molecule has 2 aromatic rings. The van der Waals surface area contributed by atoms with Crippen LogP contribution in [0, 0.1) is 0 Å². The molecule has 1 heterocycles. The Morgan fingerprint density at radius 3 is 2.61 bits per heavy atom. The Hall–Kier alpha value is -3.11. The molecule has 2 rings (SSSR count). The quantitative estimate of drug-likeness (QED) is 0.736. The van der Waals surface area contributed by atoms with E-state index in [9.17, 15) is 18.4 Å². The molecule has 0 spiro atoms. The van der Waals surface area contributed by atoms with Crippen molar-refractivity contribution in [3.05, 3.63) is 30.6 Å². The van der Waals surface area contributed by atoms with Gasteiger partial charge in [0.25, 0.3) is 5.91 Å². The maximum Gasteiger partial charge on any atom is 0.387 e. The van der Waals surface area contributed by atoms with Gasteiger partial charge in [0.1, 0.15) is 18.6 Å². The molecule has 0 bridgehead atoms. The van der Waals surface area contributed by atoms with Crippen molar-refractivity contribution in [1.82, 2.24) is 20.2 Å². The van der Waals surface area contributed by atoms with E-state index in [2.05, 4.69) is 25.6 Å². The average Bonchev–Trinajstić information content (AvgIpc) is 2.99. The van der Waals surface area contributed by atoms with Crippen molar-refractivity contribution < 1.29 is 27.8 Å². The summed E-state index contributed by atoms with van der Waals surface area (Å²) in [7, 11) is 0. The molecule has 0 aliphatic carbocycles. The molecule has 1 aromatic carbocycles. The summed E-state index contributed by atoms with van der Waals surface area (Å²) >= 11 is 0. The third kappa shape index (κ3) is 5.65. The number of rotatable bonds is 7. The second kappa shape index (κ2) is 7.77. The van der Waals surface area contributed by atoms with Crippen molar-refractivity contribution in [2.24, 2.45) is 0 Å². The number of tetrazole rings is 1. The van der Waals surface area contributed by atoms with E-state index in [0.29, 0.717) is 5.69 Å². The molecule has 0 radical (unpaired) electrons. The molecule has 0 aliphatic rings. The lowest BCUT2D eigenvalue weighted by atomic mass is 10.3. The van der Waals surface area contributed by atoms with Crippen LogP contribution in [-0.4, -0.2) is 45.3 Å². The van der Waals surface area contributed by atoms with Crippen molar-refractivity contribution >= 4 is 17.6 Å². The molecule has 1 aromatic heterocycles. The van der Waals surface area contributed by atoms with Crippen molar-refractivity contribution in [2.45, 2.75) is 13.2 Å². The lowest BCUT2D eigenvalue weighted by molar-refractivity contribution is -0.148. The Morgan fingerprint density at radius 2 is 2.00 bits per heavy atom. The van der Waals surface area contributed by atoms with Gasteiger partial charge in [0.05, 0.1) is 0 Å². The second-order valence-corrected chi connectivity index (χ2v) is 4.12. The maximum atomic E-state index is 12.0. The highest BCUT2D eigenvalue weighted by molar-refractivity contribution is 5.92. The summed E-state index contributed by atoms with van der Waals surface area (Å²) in [6, 6.07) is 5.29. The van der Waals surface area contributed by atoms with Crippen LogP contribution in [0.3, 0.4) is 0 Å². The number of esters is 1. The molecule has 0 atom stereocenters. The van der Waals surface area contributed by atoms with Crippen LogP contribution in [0.5, 0.6) is 5.75 Å². The summed E-state index contributed by atoms with van der Waals surface area (Å²) in [5, 5.41) is 12.6. The molecule has 11 heteroatoms. The predicted octanol–water partition coefficient (Wildman–Crippen LogP) is 0.456. The molecule has 0 fully saturated rings. The minimum atomic E-state index is -2.92. The number of alkyl halides is 2. The Morgan fingerprint density at radius 1 is 1.26 bits per heavy atom. The van der Waals surface area contributed by atoms with Crippen LogP contribution < -0.4 is 10.1 Å². The molecule has 0 unspecified atom stereocenters. The van der Waals surface area contributed by atoms with E-state index < -0.39 is 25.1 Å². The van der Waals surface area contributed by atoms with Crippen LogP contribution in [0.2, 0.25) is 0 Å². The van der Waals surface area contributed by atoms with E-state index >= 15 is 0 Å².